The molecule has 4 rings (SSSR count). The predicted octanol–water partition coefficient (Wildman–Crippen LogP) is 2.54. The number of rotatable bonds is 3. The van der Waals surface area contributed by atoms with Gasteiger partial charge in [-0.3, -0.25) is 9.69 Å². The van der Waals surface area contributed by atoms with Gasteiger partial charge in [-0.1, -0.05) is 42.5 Å². The molecule has 110 valence electrons. The zero-order valence-corrected chi connectivity index (χ0v) is 12.2. The zero-order chi connectivity index (χ0) is 14.3. The largest absolute Gasteiger partial charge is 0.379 e. The van der Waals surface area contributed by atoms with Crippen molar-refractivity contribution in [1.29, 1.82) is 0 Å². The lowest BCUT2D eigenvalue weighted by atomic mass is 9.76. The van der Waals surface area contributed by atoms with Crippen LogP contribution in [0.25, 0.3) is 0 Å². The number of fused-ring (bicyclic) bond motifs is 2. The standard InChI is InChI=1S/C18H21NO2/c20-17(15-4-2-1-3-5-15)18(19-8-10-21-11-9-19)13-14-6-7-16(18)12-14/h1-7,14,16H,8-13H2. The number of ketones is 1. The van der Waals surface area contributed by atoms with Crippen LogP contribution in [-0.4, -0.2) is 42.5 Å². The Hall–Kier alpha value is -1.45. The SMILES string of the molecule is O=C(c1ccccc1)C1(N2CCOCC2)CC2C=CC1C2. The van der Waals surface area contributed by atoms with Crippen LogP contribution in [0.15, 0.2) is 42.5 Å². The lowest BCUT2D eigenvalue weighted by molar-refractivity contribution is -0.0231. The van der Waals surface area contributed by atoms with E-state index < -0.39 is 0 Å². The molecule has 1 saturated carbocycles. The Balaban J connectivity index is 1.74. The van der Waals surface area contributed by atoms with Gasteiger partial charge in [-0.25, -0.2) is 0 Å². The highest BCUT2D eigenvalue weighted by Crippen LogP contribution is 2.51. The van der Waals surface area contributed by atoms with Crippen LogP contribution in [0, 0.1) is 11.8 Å². The first-order valence-corrected chi connectivity index (χ1v) is 7.92. The first-order chi connectivity index (χ1) is 10.3. The van der Waals surface area contributed by atoms with E-state index in [0.717, 1.165) is 44.7 Å². The number of Topliss-reactive ketones (excluding diaryl/α,β-unsaturated/α-hetero) is 1. The summed E-state index contributed by atoms with van der Waals surface area (Å²) in [6.45, 7) is 3.22. The number of allylic oxidation sites excluding steroid dienone is 1. The van der Waals surface area contributed by atoms with Gasteiger partial charge in [-0.2, -0.15) is 0 Å². The number of ether oxygens (including phenoxy) is 1. The molecule has 0 amide bonds. The number of hydrogen-bond donors (Lipinski definition) is 0. The van der Waals surface area contributed by atoms with E-state index in [0.29, 0.717) is 17.6 Å². The van der Waals surface area contributed by atoms with Gasteiger partial charge in [0.05, 0.1) is 18.8 Å². The Morgan fingerprint density at radius 2 is 1.90 bits per heavy atom. The Kier molecular flexibility index (Phi) is 3.20. The van der Waals surface area contributed by atoms with Gasteiger partial charge >= 0.3 is 0 Å². The van der Waals surface area contributed by atoms with Gasteiger partial charge in [-0.15, -0.1) is 0 Å². The Labute approximate surface area is 125 Å². The molecule has 3 heteroatoms. The molecule has 3 nitrogen and oxygen atoms in total. The van der Waals surface area contributed by atoms with Crippen molar-refractivity contribution < 1.29 is 9.53 Å². The summed E-state index contributed by atoms with van der Waals surface area (Å²) in [7, 11) is 0. The third-order valence-corrected chi connectivity index (χ3v) is 5.36. The van der Waals surface area contributed by atoms with E-state index in [9.17, 15) is 4.79 Å². The van der Waals surface area contributed by atoms with Crippen LogP contribution in [0.5, 0.6) is 0 Å². The van der Waals surface area contributed by atoms with Crippen LogP contribution < -0.4 is 0 Å². The van der Waals surface area contributed by atoms with E-state index in [2.05, 4.69) is 17.1 Å². The molecule has 1 aromatic rings. The van der Waals surface area contributed by atoms with Crippen molar-refractivity contribution in [3.63, 3.8) is 0 Å². The molecule has 1 aromatic carbocycles. The summed E-state index contributed by atoms with van der Waals surface area (Å²) in [6.07, 6.45) is 6.70. The molecule has 0 spiro atoms. The van der Waals surface area contributed by atoms with Crippen molar-refractivity contribution in [2.45, 2.75) is 18.4 Å². The number of carbonyl (C=O) groups excluding carboxylic acids is 1. The number of morpholine rings is 1. The second kappa shape index (κ2) is 5.08. The van der Waals surface area contributed by atoms with E-state index in [4.69, 9.17) is 4.74 Å². The Morgan fingerprint density at radius 3 is 2.52 bits per heavy atom. The third-order valence-electron chi connectivity index (χ3n) is 5.36. The first-order valence-electron chi connectivity index (χ1n) is 7.92. The second-order valence-electron chi connectivity index (χ2n) is 6.41. The quantitative estimate of drug-likeness (QED) is 0.630. The lowest BCUT2D eigenvalue weighted by Gasteiger charge is -2.46. The van der Waals surface area contributed by atoms with Gasteiger partial charge in [-0.05, 0) is 18.8 Å². The molecule has 3 aliphatic rings. The van der Waals surface area contributed by atoms with Gasteiger partial charge in [0, 0.05) is 24.6 Å². The summed E-state index contributed by atoms with van der Waals surface area (Å²) in [5.41, 5.74) is 0.523. The maximum Gasteiger partial charge on any atom is 0.183 e. The van der Waals surface area contributed by atoms with Crippen molar-refractivity contribution in [2.24, 2.45) is 11.8 Å². The van der Waals surface area contributed by atoms with Crippen LogP contribution in [0.3, 0.4) is 0 Å². The van der Waals surface area contributed by atoms with Crippen molar-refractivity contribution in [3.05, 3.63) is 48.0 Å². The Morgan fingerprint density at radius 1 is 1.14 bits per heavy atom. The Bertz CT molecular complexity index is 562. The number of hydrogen-bond acceptors (Lipinski definition) is 3. The average Bonchev–Trinajstić information content (AvgIpc) is 3.17. The number of benzene rings is 1. The van der Waals surface area contributed by atoms with E-state index >= 15 is 0 Å². The summed E-state index contributed by atoms with van der Waals surface area (Å²) in [4.78, 5) is 15.7. The summed E-state index contributed by atoms with van der Waals surface area (Å²) in [5.74, 6) is 1.25. The zero-order valence-electron chi connectivity index (χ0n) is 12.2. The molecular weight excluding hydrogens is 262 g/mol. The van der Waals surface area contributed by atoms with Crippen LogP contribution in [-0.2, 0) is 4.74 Å². The van der Waals surface area contributed by atoms with Crippen LogP contribution >= 0.6 is 0 Å². The average molecular weight is 283 g/mol. The number of carbonyl (C=O) groups is 1. The topological polar surface area (TPSA) is 29.5 Å². The van der Waals surface area contributed by atoms with Gasteiger partial charge in [0.2, 0.25) is 0 Å². The molecule has 1 aliphatic heterocycles. The molecule has 2 fully saturated rings. The smallest absolute Gasteiger partial charge is 0.183 e. The van der Waals surface area contributed by atoms with Crippen LogP contribution in [0.1, 0.15) is 23.2 Å². The maximum atomic E-state index is 13.3. The number of nitrogens with zero attached hydrogens (tertiary/aromatic N) is 1. The van der Waals surface area contributed by atoms with Crippen molar-refractivity contribution >= 4 is 5.78 Å². The monoisotopic (exact) mass is 283 g/mol. The van der Waals surface area contributed by atoms with Gasteiger partial charge in [0.1, 0.15) is 0 Å². The fourth-order valence-corrected chi connectivity index (χ4v) is 4.40. The highest BCUT2D eigenvalue weighted by molar-refractivity contribution is 6.04. The molecule has 0 N–H and O–H groups in total. The fourth-order valence-electron chi connectivity index (χ4n) is 4.40. The highest BCUT2D eigenvalue weighted by Gasteiger charge is 2.56. The molecule has 3 atom stereocenters. The fraction of sp³-hybridized carbons (Fsp3) is 0.500. The minimum absolute atomic E-state index is 0.307. The lowest BCUT2D eigenvalue weighted by Crippen LogP contribution is -2.60. The molecule has 21 heavy (non-hydrogen) atoms. The minimum Gasteiger partial charge on any atom is -0.379 e. The molecule has 1 saturated heterocycles. The van der Waals surface area contributed by atoms with Crippen molar-refractivity contribution in [1.82, 2.24) is 4.90 Å². The highest BCUT2D eigenvalue weighted by atomic mass is 16.5. The van der Waals surface area contributed by atoms with Crippen molar-refractivity contribution in [2.75, 3.05) is 26.3 Å². The molecule has 2 aliphatic carbocycles. The summed E-state index contributed by atoms with van der Waals surface area (Å²) in [5, 5.41) is 0. The minimum atomic E-state index is -0.329. The van der Waals surface area contributed by atoms with Crippen LogP contribution in [0.4, 0.5) is 0 Å². The summed E-state index contributed by atoms with van der Waals surface area (Å²) < 4.78 is 5.50. The van der Waals surface area contributed by atoms with Crippen molar-refractivity contribution in [3.8, 4) is 0 Å². The molecular formula is C18H21NO2. The van der Waals surface area contributed by atoms with Gasteiger partial charge < -0.3 is 4.74 Å². The second-order valence-corrected chi connectivity index (χ2v) is 6.41. The maximum absolute atomic E-state index is 13.3. The van der Waals surface area contributed by atoms with Gasteiger partial charge in [0.25, 0.3) is 0 Å². The van der Waals surface area contributed by atoms with Crippen LogP contribution in [0.2, 0.25) is 0 Å². The van der Waals surface area contributed by atoms with E-state index in [1.54, 1.807) is 0 Å². The molecule has 0 radical (unpaired) electrons. The summed E-state index contributed by atoms with van der Waals surface area (Å²) in [6, 6.07) is 9.81. The normalized spacial score (nSPS) is 35.2. The molecule has 1 heterocycles. The van der Waals surface area contributed by atoms with Gasteiger partial charge in [0.15, 0.2) is 5.78 Å². The molecule has 2 bridgehead atoms. The molecule has 3 unspecified atom stereocenters. The van der Waals surface area contributed by atoms with E-state index in [1.807, 2.05) is 30.3 Å². The molecule has 0 aromatic heterocycles. The van der Waals surface area contributed by atoms with E-state index in [1.165, 1.54) is 0 Å². The van der Waals surface area contributed by atoms with E-state index in [-0.39, 0.29) is 5.54 Å². The first kappa shape index (κ1) is 13.2. The summed E-state index contributed by atoms with van der Waals surface area (Å²) >= 11 is 0. The predicted molar refractivity (Wildman–Crippen MR) is 81.2 cm³/mol. The third kappa shape index (κ3) is 1.99.